The van der Waals surface area contributed by atoms with Crippen LogP contribution in [0.25, 0.3) is 0 Å². The van der Waals surface area contributed by atoms with Crippen molar-refractivity contribution in [2.75, 3.05) is 0 Å². The van der Waals surface area contributed by atoms with E-state index >= 15 is 0 Å². The van der Waals surface area contributed by atoms with Crippen LogP contribution in [0.2, 0.25) is 0 Å². The van der Waals surface area contributed by atoms with Crippen LogP contribution in [-0.4, -0.2) is 12.4 Å². The van der Waals surface area contributed by atoms with Crippen LogP contribution >= 0.6 is 0 Å². The van der Waals surface area contributed by atoms with Gasteiger partial charge in [0.05, 0.1) is 12.4 Å². The molecule has 0 heterocycles. The molecule has 0 radical (unpaired) electrons. The van der Waals surface area contributed by atoms with Crippen molar-refractivity contribution in [2.45, 2.75) is 51.4 Å². The molecular weight excluding hydrogens is 361 g/mol. The van der Waals surface area contributed by atoms with Gasteiger partial charge in [0, 0.05) is 5.56 Å². The van der Waals surface area contributed by atoms with Gasteiger partial charge in [-0.05, 0) is 60.8 Å². The van der Waals surface area contributed by atoms with Gasteiger partial charge >= 0.3 is 0 Å². The summed E-state index contributed by atoms with van der Waals surface area (Å²) in [5, 5.41) is 7.67. The second-order valence-corrected chi connectivity index (χ2v) is 7.46. The van der Waals surface area contributed by atoms with E-state index in [1.807, 2.05) is 12.1 Å². The molecule has 0 spiro atoms. The molecule has 0 bridgehead atoms. The number of hydrogen-bond donors (Lipinski definition) is 0. The molecule has 1 saturated carbocycles. The van der Waals surface area contributed by atoms with Crippen molar-refractivity contribution in [3.05, 3.63) is 70.5 Å². The number of rotatable bonds is 6. The van der Waals surface area contributed by atoms with Crippen LogP contribution in [0.1, 0.15) is 68.1 Å². The minimum absolute atomic E-state index is 0.113. The molecule has 2 nitrogen and oxygen atoms in total. The predicted molar refractivity (Wildman–Crippen MR) is 108 cm³/mol. The molecule has 2 aromatic carbocycles. The Morgan fingerprint density at radius 1 is 0.857 bits per heavy atom. The highest BCUT2D eigenvalue weighted by Crippen LogP contribution is 2.37. The second-order valence-electron chi connectivity index (χ2n) is 7.46. The van der Waals surface area contributed by atoms with Gasteiger partial charge in [0.1, 0.15) is 0 Å². The van der Waals surface area contributed by atoms with Gasteiger partial charge < -0.3 is 0 Å². The fraction of sp³-hybridized carbons (Fsp3) is 0.391. The smallest absolute Gasteiger partial charge is 0.194 e. The highest BCUT2D eigenvalue weighted by Gasteiger charge is 2.21. The summed E-state index contributed by atoms with van der Waals surface area (Å²) in [6.45, 7) is 2.26. The maximum Gasteiger partial charge on any atom is 0.194 e. The van der Waals surface area contributed by atoms with E-state index in [0.717, 1.165) is 23.6 Å². The maximum atomic E-state index is 13.2. The molecule has 1 aliphatic rings. The molecule has 0 N–H and O–H groups in total. The molecular formula is C23H25F3N2. The van der Waals surface area contributed by atoms with Crippen LogP contribution in [0.3, 0.4) is 0 Å². The fourth-order valence-corrected chi connectivity index (χ4v) is 3.90. The van der Waals surface area contributed by atoms with Crippen LogP contribution in [0.15, 0.2) is 46.6 Å². The Morgan fingerprint density at radius 2 is 1.43 bits per heavy atom. The topological polar surface area (TPSA) is 24.7 Å². The summed E-state index contributed by atoms with van der Waals surface area (Å²) in [6.07, 6.45) is 10.5. The fourth-order valence-electron chi connectivity index (χ4n) is 3.90. The lowest BCUT2D eigenvalue weighted by Crippen LogP contribution is -2.13. The summed E-state index contributed by atoms with van der Waals surface area (Å²) in [7, 11) is 0. The van der Waals surface area contributed by atoms with E-state index < -0.39 is 17.5 Å². The standard InChI is InChI=1S/C23H25F3N2/c1-2-3-16-4-8-19(9-5-16)20-10-6-17(7-11-20)14-27-28-15-18-12-21(24)23(26)22(25)13-18/h6-7,10-16,19H,2-5,8-9H2,1H3/t16-,19-. The maximum absolute atomic E-state index is 13.2. The molecule has 1 fully saturated rings. The number of benzene rings is 2. The molecule has 0 aliphatic heterocycles. The zero-order valence-corrected chi connectivity index (χ0v) is 16.0. The average Bonchev–Trinajstić information content (AvgIpc) is 2.71. The molecule has 1 aliphatic carbocycles. The Kier molecular flexibility index (Phi) is 7.01. The normalized spacial score (nSPS) is 20.3. The Morgan fingerprint density at radius 3 is 2.00 bits per heavy atom. The van der Waals surface area contributed by atoms with Crippen molar-refractivity contribution in [1.82, 2.24) is 0 Å². The summed E-state index contributed by atoms with van der Waals surface area (Å²) in [6, 6.07) is 10.0. The van der Waals surface area contributed by atoms with Gasteiger partial charge in [0.25, 0.3) is 0 Å². The van der Waals surface area contributed by atoms with Crippen molar-refractivity contribution in [1.29, 1.82) is 0 Å². The third kappa shape index (κ3) is 5.31. The lowest BCUT2D eigenvalue weighted by atomic mass is 9.77. The molecule has 0 saturated heterocycles. The number of hydrogen-bond acceptors (Lipinski definition) is 2. The number of nitrogens with zero attached hydrogens (tertiary/aromatic N) is 2. The van der Waals surface area contributed by atoms with Gasteiger partial charge in [-0.15, -0.1) is 0 Å². The van der Waals surface area contributed by atoms with Gasteiger partial charge in [-0.1, -0.05) is 44.0 Å². The minimum atomic E-state index is -1.49. The molecule has 3 rings (SSSR count). The van der Waals surface area contributed by atoms with Crippen molar-refractivity contribution in [2.24, 2.45) is 16.1 Å². The Balaban J connectivity index is 1.56. The Bertz CT molecular complexity index is 812. The van der Waals surface area contributed by atoms with Gasteiger partial charge in [-0.3, -0.25) is 0 Å². The Hall–Kier alpha value is -2.43. The van der Waals surface area contributed by atoms with Crippen LogP contribution in [0.4, 0.5) is 13.2 Å². The van der Waals surface area contributed by atoms with Gasteiger partial charge in [-0.25, -0.2) is 13.2 Å². The van der Waals surface area contributed by atoms with Crippen molar-refractivity contribution >= 4 is 12.4 Å². The summed E-state index contributed by atoms with van der Waals surface area (Å²) in [5.41, 5.74) is 2.38. The van der Waals surface area contributed by atoms with Crippen LogP contribution in [0.5, 0.6) is 0 Å². The monoisotopic (exact) mass is 386 g/mol. The van der Waals surface area contributed by atoms with Crippen molar-refractivity contribution in [3.8, 4) is 0 Å². The summed E-state index contributed by atoms with van der Waals surface area (Å²) < 4.78 is 39.2. The molecule has 0 unspecified atom stereocenters. The highest BCUT2D eigenvalue weighted by atomic mass is 19.2. The average molecular weight is 386 g/mol. The first-order valence-corrected chi connectivity index (χ1v) is 9.87. The molecule has 28 heavy (non-hydrogen) atoms. The van der Waals surface area contributed by atoms with Crippen LogP contribution in [-0.2, 0) is 0 Å². The van der Waals surface area contributed by atoms with Crippen LogP contribution < -0.4 is 0 Å². The summed E-state index contributed by atoms with van der Waals surface area (Å²) in [4.78, 5) is 0. The minimum Gasteiger partial charge on any atom is -0.204 e. The van der Waals surface area contributed by atoms with E-state index in [1.165, 1.54) is 50.3 Å². The molecule has 0 amide bonds. The van der Waals surface area contributed by atoms with Gasteiger partial charge in [0.15, 0.2) is 17.5 Å². The summed E-state index contributed by atoms with van der Waals surface area (Å²) in [5.74, 6) is -2.44. The van der Waals surface area contributed by atoms with E-state index in [2.05, 4.69) is 29.3 Å². The van der Waals surface area contributed by atoms with Crippen LogP contribution in [0, 0.1) is 23.4 Å². The number of halogens is 3. The quantitative estimate of drug-likeness (QED) is 0.302. The van der Waals surface area contributed by atoms with Gasteiger partial charge in [0.2, 0.25) is 0 Å². The van der Waals surface area contributed by atoms with E-state index in [4.69, 9.17) is 0 Å². The zero-order valence-electron chi connectivity index (χ0n) is 16.0. The Labute approximate surface area is 164 Å². The predicted octanol–water partition coefficient (Wildman–Crippen LogP) is 6.63. The van der Waals surface area contributed by atoms with E-state index in [1.54, 1.807) is 6.21 Å². The lowest BCUT2D eigenvalue weighted by molar-refractivity contribution is 0.308. The highest BCUT2D eigenvalue weighted by molar-refractivity contribution is 5.82. The second kappa shape index (κ2) is 9.67. The molecule has 0 aromatic heterocycles. The zero-order chi connectivity index (χ0) is 19.9. The first-order chi connectivity index (χ1) is 13.6. The van der Waals surface area contributed by atoms with E-state index in [-0.39, 0.29) is 5.56 Å². The van der Waals surface area contributed by atoms with E-state index in [9.17, 15) is 13.2 Å². The van der Waals surface area contributed by atoms with Gasteiger partial charge in [-0.2, -0.15) is 10.2 Å². The summed E-state index contributed by atoms with van der Waals surface area (Å²) >= 11 is 0. The first kappa shape index (κ1) is 20.3. The molecule has 2 aromatic rings. The molecule has 5 heteroatoms. The molecule has 0 atom stereocenters. The largest absolute Gasteiger partial charge is 0.204 e. The SMILES string of the molecule is CCC[C@H]1CC[C@H](c2ccc(C=NN=Cc3cc(F)c(F)c(F)c3)cc2)CC1. The van der Waals surface area contributed by atoms with Crippen molar-refractivity contribution < 1.29 is 13.2 Å². The third-order valence-corrected chi connectivity index (χ3v) is 5.44. The van der Waals surface area contributed by atoms with E-state index in [0.29, 0.717) is 5.92 Å². The molecule has 148 valence electrons. The first-order valence-electron chi connectivity index (χ1n) is 9.87. The lowest BCUT2D eigenvalue weighted by Gasteiger charge is -2.28. The third-order valence-electron chi connectivity index (χ3n) is 5.44. The van der Waals surface area contributed by atoms with Crippen molar-refractivity contribution in [3.63, 3.8) is 0 Å².